The number of hydrogen-bond donors (Lipinski definition) is 2. The van der Waals surface area contributed by atoms with Crippen molar-refractivity contribution in [2.45, 2.75) is 26.8 Å². The second kappa shape index (κ2) is 9.82. The van der Waals surface area contributed by atoms with Crippen LogP contribution in [0.3, 0.4) is 0 Å². The number of carbonyl (C=O) groups is 3. The van der Waals surface area contributed by atoms with Crippen molar-refractivity contribution in [3.63, 3.8) is 0 Å². The number of Topliss-reactive ketones (excluding diaryl/α,β-unsaturated/α-hetero) is 1. The molecule has 0 aromatic carbocycles. The Morgan fingerprint density at radius 2 is 1.90 bits per heavy atom. The number of aromatic nitrogens is 1. The Hall–Kier alpha value is -2.78. The van der Waals surface area contributed by atoms with Gasteiger partial charge < -0.3 is 15.5 Å². The number of thiophene rings is 1. The number of nitrogens with one attached hydrogen (secondary N) is 2. The number of amides is 2. The minimum absolute atomic E-state index is 0.181. The molecule has 2 aromatic heterocycles. The number of aryl methyl sites for hydroxylation is 1. The van der Waals surface area contributed by atoms with Gasteiger partial charge in [-0.25, -0.2) is 4.98 Å². The zero-order valence-corrected chi connectivity index (χ0v) is 18.3. The molecule has 8 nitrogen and oxygen atoms in total. The summed E-state index contributed by atoms with van der Waals surface area (Å²) in [7, 11) is 1.60. The van der Waals surface area contributed by atoms with Gasteiger partial charge in [-0.3, -0.25) is 19.3 Å². The fourth-order valence-corrected chi connectivity index (χ4v) is 4.21. The highest BCUT2D eigenvalue weighted by atomic mass is 32.1. The van der Waals surface area contributed by atoms with E-state index in [0.29, 0.717) is 10.7 Å². The molecule has 0 atom stereocenters. The van der Waals surface area contributed by atoms with E-state index in [2.05, 4.69) is 25.4 Å². The maximum atomic E-state index is 11.7. The Morgan fingerprint density at radius 3 is 2.53 bits per heavy atom. The third-order valence-corrected chi connectivity index (χ3v) is 6.00. The van der Waals surface area contributed by atoms with Crippen LogP contribution in [0.15, 0.2) is 23.6 Å². The molecule has 0 bridgehead atoms. The van der Waals surface area contributed by atoms with Crippen LogP contribution in [0.5, 0.6) is 0 Å². The molecule has 9 heteroatoms. The topological polar surface area (TPSA) is 94.6 Å². The second-order valence-corrected chi connectivity index (χ2v) is 8.10. The van der Waals surface area contributed by atoms with Crippen molar-refractivity contribution in [1.82, 2.24) is 15.2 Å². The van der Waals surface area contributed by atoms with Gasteiger partial charge in [-0.1, -0.05) is 6.92 Å². The van der Waals surface area contributed by atoms with E-state index in [4.69, 9.17) is 0 Å². The van der Waals surface area contributed by atoms with E-state index in [1.807, 2.05) is 24.4 Å². The summed E-state index contributed by atoms with van der Waals surface area (Å²) in [4.78, 5) is 44.0. The smallest absolute Gasteiger partial charge is 0.292 e. The summed E-state index contributed by atoms with van der Waals surface area (Å²) in [5.41, 5.74) is 3.46. The minimum Gasteiger partial charge on any atom is -0.368 e. The minimum atomic E-state index is -0.550. The van der Waals surface area contributed by atoms with Crippen LogP contribution in [-0.4, -0.2) is 60.7 Å². The Labute approximate surface area is 180 Å². The number of ketones is 1. The Balaban J connectivity index is 1.53. The number of anilines is 2. The normalized spacial score (nSPS) is 14.4. The van der Waals surface area contributed by atoms with Crippen LogP contribution < -0.4 is 15.5 Å². The molecule has 1 fully saturated rings. The highest BCUT2D eigenvalue weighted by Gasteiger charge is 2.20. The van der Waals surface area contributed by atoms with Gasteiger partial charge in [0, 0.05) is 46.2 Å². The maximum absolute atomic E-state index is 11.7. The molecular weight excluding hydrogens is 402 g/mol. The summed E-state index contributed by atoms with van der Waals surface area (Å²) in [5, 5.41) is 7.99. The van der Waals surface area contributed by atoms with E-state index in [1.54, 1.807) is 20.0 Å². The second-order valence-electron chi connectivity index (χ2n) is 7.19. The molecule has 3 heterocycles. The van der Waals surface area contributed by atoms with Crippen LogP contribution >= 0.6 is 11.3 Å². The molecule has 0 spiro atoms. The monoisotopic (exact) mass is 429 g/mol. The first-order valence-corrected chi connectivity index (χ1v) is 10.9. The fraction of sp³-hybridized carbons (Fsp3) is 0.429. The number of rotatable bonds is 7. The van der Waals surface area contributed by atoms with E-state index in [1.165, 1.54) is 11.3 Å². The van der Waals surface area contributed by atoms with E-state index in [-0.39, 0.29) is 12.3 Å². The third kappa shape index (κ3) is 5.22. The van der Waals surface area contributed by atoms with Crippen molar-refractivity contribution in [3.05, 3.63) is 40.5 Å². The number of pyridine rings is 1. The Morgan fingerprint density at radius 1 is 1.17 bits per heavy atom. The molecule has 2 amide bonds. The lowest BCUT2D eigenvalue weighted by molar-refractivity contribution is -0.134. The van der Waals surface area contributed by atoms with Gasteiger partial charge in [-0.2, -0.15) is 0 Å². The SMILES string of the molecule is CCC(=O)C(=O)Nc1cc(CN2CCN(c3ccc(C(=O)NC)nc3C)CC2)cs1. The van der Waals surface area contributed by atoms with Crippen molar-refractivity contribution in [1.29, 1.82) is 0 Å². The molecule has 0 radical (unpaired) electrons. The van der Waals surface area contributed by atoms with Crippen molar-refractivity contribution in [3.8, 4) is 0 Å². The van der Waals surface area contributed by atoms with Gasteiger partial charge >= 0.3 is 0 Å². The van der Waals surface area contributed by atoms with Crippen LogP contribution in [0.25, 0.3) is 0 Å². The predicted octanol–water partition coefficient (Wildman–Crippen LogP) is 2.05. The van der Waals surface area contributed by atoms with E-state index in [0.717, 1.165) is 49.7 Å². The number of piperazine rings is 1. The molecule has 2 N–H and O–H groups in total. The zero-order chi connectivity index (χ0) is 21.7. The van der Waals surface area contributed by atoms with Gasteiger partial charge in [0.05, 0.1) is 16.4 Å². The molecule has 30 heavy (non-hydrogen) atoms. The quantitative estimate of drug-likeness (QED) is 0.654. The van der Waals surface area contributed by atoms with Crippen LogP contribution in [0.2, 0.25) is 0 Å². The predicted molar refractivity (Wildman–Crippen MR) is 118 cm³/mol. The summed E-state index contributed by atoms with van der Waals surface area (Å²) in [6.07, 6.45) is 0.206. The Kier molecular flexibility index (Phi) is 7.17. The highest BCUT2D eigenvalue weighted by Crippen LogP contribution is 2.24. The van der Waals surface area contributed by atoms with Crippen molar-refractivity contribution >= 4 is 39.6 Å². The summed E-state index contributed by atoms with van der Waals surface area (Å²) >= 11 is 1.44. The fourth-order valence-electron chi connectivity index (χ4n) is 3.41. The number of carbonyl (C=O) groups excluding carboxylic acids is 3. The maximum Gasteiger partial charge on any atom is 0.292 e. The lowest BCUT2D eigenvalue weighted by Gasteiger charge is -2.36. The first-order valence-electron chi connectivity index (χ1n) is 10.00. The molecule has 2 aromatic rings. The van der Waals surface area contributed by atoms with Crippen molar-refractivity contribution in [2.75, 3.05) is 43.4 Å². The van der Waals surface area contributed by atoms with Gasteiger partial charge in [0.1, 0.15) is 5.69 Å². The van der Waals surface area contributed by atoms with Gasteiger partial charge in [0.15, 0.2) is 0 Å². The van der Waals surface area contributed by atoms with Crippen LogP contribution in [-0.2, 0) is 16.1 Å². The van der Waals surface area contributed by atoms with Gasteiger partial charge in [0.2, 0.25) is 5.78 Å². The van der Waals surface area contributed by atoms with Crippen molar-refractivity contribution in [2.24, 2.45) is 0 Å². The number of nitrogens with zero attached hydrogens (tertiary/aromatic N) is 3. The molecule has 0 saturated carbocycles. The van der Waals surface area contributed by atoms with Crippen LogP contribution in [0.1, 0.15) is 35.1 Å². The number of hydrogen-bond acceptors (Lipinski definition) is 7. The molecule has 0 aliphatic carbocycles. The molecule has 1 aliphatic heterocycles. The van der Waals surface area contributed by atoms with Crippen molar-refractivity contribution < 1.29 is 14.4 Å². The first-order chi connectivity index (χ1) is 14.4. The molecular formula is C21H27N5O3S. The van der Waals surface area contributed by atoms with Gasteiger partial charge in [0.25, 0.3) is 11.8 Å². The van der Waals surface area contributed by atoms with Crippen LogP contribution in [0, 0.1) is 6.92 Å². The molecule has 0 unspecified atom stereocenters. The van der Waals surface area contributed by atoms with E-state index >= 15 is 0 Å². The summed E-state index contributed by atoms with van der Waals surface area (Å²) < 4.78 is 0. The average Bonchev–Trinajstić information content (AvgIpc) is 3.19. The Bertz CT molecular complexity index is 934. The molecule has 3 rings (SSSR count). The van der Waals surface area contributed by atoms with Crippen LogP contribution in [0.4, 0.5) is 10.7 Å². The summed E-state index contributed by atoms with van der Waals surface area (Å²) in [6.45, 7) is 7.97. The van der Waals surface area contributed by atoms with Gasteiger partial charge in [-0.05, 0) is 36.1 Å². The van der Waals surface area contributed by atoms with E-state index < -0.39 is 11.7 Å². The van der Waals surface area contributed by atoms with E-state index in [9.17, 15) is 14.4 Å². The lowest BCUT2D eigenvalue weighted by atomic mass is 10.2. The average molecular weight is 430 g/mol. The zero-order valence-electron chi connectivity index (χ0n) is 17.5. The van der Waals surface area contributed by atoms with Gasteiger partial charge in [-0.15, -0.1) is 11.3 Å². The molecule has 1 aliphatic rings. The third-order valence-electron chi connectivity index (χ3n) is 5.10. The molecule has 1 saturated heterocycles. The summed E-state index contributed by atoms with van der Waals surface area (Å²) in [5.74, 6) is -1.14. The highest BCUT2D eigenvalue weighted by molar-refractivity contribution is 7.14. The first kappa shape index (κ1) is 21.9. The standard InChI is InChI=1S/C21H27N5O3S/c1-4-18(27)21(29)24-19-11-15(13-30-19)12-25-7-9-26(10-8-25)17-6-5-16(20(28)22-3)23-14(17)2/h5-6,11,13H,4,7-10,12H2,1-3H3,(H,22,28)(H,24,29). The summed E-state index contributed by atoms with van der Waals surface area (Å²) in [6, 6.07) is 5.66. The molecule has 160 valence electrons. The lowest BCUT2D eigenvalue weighted by Crippen LogP contribution is -2.46. The largest absolute Gasteiger partial charge is 0.368 e.